The first kappa shape index (κ1) is 17.9. The maximum atomic E-state index is 12.2. The Balaban J connectivity index is 1.60. The molecule has 24 heavy (non-hydrogen) atoms. The van der Waals surface area contributed by atoms with E-state index in [1.807, 2.05) is 25.2 Å². The summed E-state index contributed by atoms with van der Waals surface area (Å²) in [6, 6.07) is 4.64. The molecule has 4 nitrogen and oxygen atoms in total. The molecular formula is C19H30N2O2S. The summed E-state index contributed by atoms with van der Waals surface area (Å²) in [5.41, 5.74) is 0.227. The second-order valence-corrected chi connectivity index (χ2v) is 9.06. The van der Waals surface area contributed by atoms with E-state index in [1.165, 1.54) is 9.75 Å². The molecule has 5 heteroatoms. The number of rotatable bonds is 4. The minimum atomic E-state index is 0.0335. The van der Waals surface area contributed by atoms with Gasteiger partial charge in [0.1, 0.15) is 0 Å². The molecule has 134 valence electrons. The van der Waals surface area contributed by atoms with E-state index >= 15 is 0 Å². The fourth-order valence-corrected chi connectivity index (χ4v) is 4.84. The van der Waals surface area contributed by atoms with E-state index in [0.29, 0.717) is 6.61 Å². The van der Waals surface area contributed by atoms with Crippen LogP contribution in [0.1, 0.15) is 42.9 Å². The minimum Gasteiger partial charge on any atom is -0.379 e. The zero-order valence-electron chi connectivity index (χ0n) is 15.1. The number of amides is 1. The van der Waals surface area contributed by atoms with E-state index in [9.17, 15) is 4.79 Å². The van der Waals surface area contributed by atoms with Crippen molar-refractivity contribution >= 4 is 17.2 Å². The first-order valence-corrected chi connectivity index (χ1v) is 9.96. The number of hydrogen-bond acceptors (Lipinski definition) is 4. The van der Waals surface area contributed by atoms with Crippen molar-refractivity contribution in [3.05, 3.63) is 21.9 Å². The molecule has 1 spiro atoms. The van der Waals surface area contributed by atoms with Crippen LogP contribution in [0.2, 0.25) is 0 Å². The quantitative estimate of drug-likeness (QED) is 0.907. The lowest BCUT2D eigenvalue weighted by Gasteiger charge is -2.49. The van der Waals surface area contributed by atoms with Crippen molar-refractivity contribution in [1.29, 1.82) is 0 Å². The Hall–Kier alpha value is -0.910. The molecule has 2 saturated heterocycles. The molecule has 1 aromatic rings. The van der Waals surface area contributed by atoms with E-state index in [2.05, 4.69) is 29.3 Å². The van der Waals surface area contributed by atoms with Crippen molar-refractivity contribution < 1.29 is 9.53 Å². The SMILES string of the molecule is Cc1ccc(CN2CCC3(CCOCC3NC(=O)C(C)C)CC2)s1. The van der Waals surface area contributed by atoms with Crippen molar-refractivity contribution in [3.63, 3.8) is 0 Å². The van der Waals surface area contributed by atoms with Gasteiger partial charge in [-0.1, -0.05) is 13.8 Å². The summed E-state index contributed by atoms with van der Waals surface area (Å²) in [4.78, 5) is 17.6. The van der Waals surface area contributed by atoms with E-state index < -0.39 is 0 Å². The number of thiophene rings is 1. The van der Waals surface area contributed by atoms with Crippen LogP contribution in [0, 0.1) is 18.3 Å². The van der Waals surface area contributed by atoms with Gasteiger partial charge in [-0.15, -0.1) is 11.3 Å². The van der Waals surface area contributed by atoms with Gasteiger partial charge in [-0.3, -0.25) is 9.69 Å². The topological polar surface area (TPSA) is 41.6 Å². The molecule has 0 aliphatic carbocycles. The first-order valence-electron chi connectivity index (χ1n) is 9.14. The average molecular weight is 351 g/mol. The third kappa shape index (κ3) is 4.01. The highest BCUT2D eigenvalue weighted by Gasteiger charge is 2.44. The highest BCUT2D eigenvalue weighted by atomic mass is 32.1. The predicted octanol–water partition coefficient (Wildman–Crippen LogP) is 3.20. The van der Waals surface area contributed by atoms with E-state index in [0.717, 1.165) is 45.5 Å². The largest absolute Gasteiger partial charge is 0.379 e. The fourth-order valence-electron chi connectivity index (χ4n) is 3.91. The van der Waals surface area contributed by atoms with Crippen LogP contribution >= 0.6 is 11.3 Å². The molecule has 2 aliphatic heterocycles. The summed E-state index contributed by atoms with van der Waals surface area (Å²) in [5, 5.41) is 3.27. The number of likely N-dealkylation sites (tertiary alicyclic amines) is 1. The van der Waals surface area contributed by atoms with Crippen LogP contribution in [0.25, 0.3) is 0 Å². The van der Waals surface area contributed by atoms with Gasteiger partial charge in [-0.2, -0.15) is 0 Å². The van der Waals surface area contributed by atoms with Crippen LogP contribution in [-0.4, -0.2) is 43.2 Å². The van der Waals surface area contributed by atoms with Gasteiger partial charge in [0.2, 0.25) is 5.91 Å². The zero-order chi connectivity index (χ0) is 17.2. The maximum Gasteiger partial charge on any atom is 0.222 e. The summed E-state index contributed by atoms with van der Waals surface area (Å²) in [7, 11) is 0. The van der Waals surface area contributed by atoms with Crippen LogP contribution in [0.15, 0.2) is 12.1 Å². The molecule has 2 aliphatic rings. The standard InChI is InChI=1S/C19H30N2O2S/c1-14(2)18(22)20-17-13-23-11-8-19(17)6-9-21(10-7-19)12-16-5-4-15(3)24-16/h4-5,14,17H,6-13H2,1-3H3,(H,20,22). The van der Waals surface area contributed by atoms with Crippen molar-refractivity contribution in [2.75, 3.05) is 26.3 Å². The smallest absolute Gasteiger partial charge is 0.222 e. The monoisotopic (exact) mass is 350 g/mol. The molecular weight excluding hydrogens is 320 g/mol. The molecule has 1 atom stereocenters. The molecule has 2 fully saturated rings. The zero-order valence-corrected chi connectivity index (χ0v) is 16.0. The second-order valence-electron chi connectivity index (χ2n) is 7.69. The summed E-state index contributed by atoms with van der Waals surface area (Å²) in [6.45, 7) is 10.9. The van der Waals surface area contributed by atoms with E-state index in [-0.39, 0.29) is 23.3 Å². The van der Waals surface area contributed by atoms with Gasteiger partial charge >= 0.3 is 0 Å². The highest BCUT2D eigenvalue weighted by molar-refractivity contribution is 7.11. The van der Waals surface area contributed by atoms with Gasteiger partial charge in [0, 0.05) is 28.8 Å². The van der Waals surface area contributed by atoms with Crippen LogP contribution in [0.4, 0.5) is 0 Å². The van der Waals surface area contributed by atoms with Crippen LogP contribution in [-0.2, 0) is 16.1 Å². The van der Waals surface area contributed by atoms with Gasteiger partial charge in [0.05, 0.1) is 12.6 Å². The molecule has 1 unspecified atom stereocenters. The lowest BCUT2D eigenvalue weighted by Crippen LogP contribution is -2.58. The van der Waals surface area contributed by atoms with Crippen molar-refractivity contribution in [2.24, 2.45) is 11.3 Å². The summed E-state index contributed by atoms with van der Waals surface area (Å²) in [6.07, 6.45) is 3.38. The van der Waals surface area contributed by atoms with E-state index in [4.69, 9.17) is 4.74 Å². The molecule has 3 heterocycles. The summed E-state index contributed by atoms with van der Waals surface area (Å²) < 4.78 is 5.69. The number of carbonyl (C=O) groups is 1. The Morgan fingerprint density at radius 1 is 1.38 bits per heavy atom. The molecule has 1 N–H and O–H groups in total. The van der Waals surface area contributed by atoms with Crippen LogP contribution < -0.4 is 5.32 Å². The van der Waals surface area contributed by atoms with Crippen molar-refractivity contribution in [2.45, 2.75) is 52.6 Å². The van der Waals surface area contributed by atoms with Gasteiger partial charge in [-0.05, 0) is 56.8 Å². The third-order valence-corrected chi connectivity index (χ3v) is 6.62. The molecule has 1 aromatic heterocycles. The molecule has 0 radical (unpaired) electrons. The van der Waals surface area contributed by atoms with Crippen molar-refractivity contribution in [1.82, 2.24) is 10.2 Å². The lowest BCUT2D eigenvalue weighted by molar-refractivity contribution is -0.129. The second kappa shape index (κ2) is 7.54. The number of carbonyl (C=O) groups excluding carboxylic acids is 1. The first-order chi connectivity index (χ1) is 11.5. The fraction of sp³-hybridized carbons (Fsp3) is 0.737. The van der Waals surface area contributed by atoms with E-state index in [1.54, 1.807) is 0 Å². The number of hydrogen-bond donors (Lipinski definition) is 1. The van der Waals surface area contributed by atoms with Gasteiger partial charge in [0.15, 0.2) is 0 Å². The molecule has 3 rings (SSSR count). The number of aryl methyl sites for hydroxylation is 1. The molecule has 0 aromatic carbocycles. The highest BCUT2D eigenvalue weighted by Crippen LogP contribution is 2.41. The molecule has 0 bridgehead atoms. The Morgan fingerprint density at radius 3 is 2.75 bits per heavy atom. The number of piperidine rings is 1. The molecule has 0 saturated carbocycles. The Morgan fingerprint density at radius 2 is 2.12 bits per heavy atom. The Labute approximate surface area is 149 Å². The Bertz CT molecular complexity index is 561. The number of ether oxygens (including phenoxy) is 1. The summed E-state index contributed by atoms with van der Waals surface area (Å²) >= 11 is 1.90. The number of nitrogens with one attached hydrogen (secondary N) is 1. The van der Waals surface area contributed by atoms with Gasteiger partial charge in [0.25, 0.3) is 0 Å². The van der Waals surface area contributed by atoms with Crippen molar-refractivity contribution in [3.8, 4) is 0 Å². The average Bonchev–Trinajstić information content (AvgIpc) is 2.97. The summed E-state index contributed by atoms with van der Waals surface area (Å²) in [5.74, 6) is 0.187. The lowest BCUT2D eigenvalue weighted by atomic mass is 9.69. The van der Waals surface area contributed by atoms with Crippen LogP contribution in [0.3, 0.4) is 0 Å². The number of nitrogens with zero attached hydrogens (tertiary/aromatic N) is 1. The predicted molar refractivity (Wildman–Crippen MR) is 98.2 cm³/mol. The van der Waals surface area contributed by atoms with Gasteiger partial charge < -0.3 is 10.1 Å². The van der Waals surface area contributed by atoms with Gasteiger partial charge in [-0.25, -0.2) is 0 Å². The Kier molecular flexibility index (Phi) is 5.63. The van der Waals surface area contributed by atoms with Crippen LogP contribution in [0.5, 0.6) is 0 Å². The maximum absolute atomic E-state index is 12.2. The normalized spacial score (nSPS) is 24.4. The molecule has 1 amide bonds. The third-order valence-electron chi connectivity index (χ3n) is 5.64. The minimum absolute atomic E-state index is 0.0335.